The van der Waals surface area contributed by atoms with Gasteiger partial charge in [0.15, 0.2) is 0 Å². The maximum Gasteiger partial charge on any atom is 0.231 e. The lowest BCUT2D eigenvalue weighted by atomic mass is 10.4. The molecule has 0 aliphatic carbocycles. The van der Waals surface area contributed by atoms with Gasteiger partial charge in [-0.1, -0.05) is 0 Å². The number of anilines is 2. The number of nitrogens with one attached hydrogen (secondary N) is 1. The molecule has 0 spiro atoms. The fourth-order valence-electron chi connectivity index (χ4n) is 1.02. The summed E-state index contributed by atoms with van der Waals surface area (Å²) in [6, 6.07) is 0. The molecule has 8 heteroatoms. The van der Waals surface area contributed by atoms with Crippen LogP contribution in [0.25, 0.3) is 0 Å². The van der Waals surface area contributed by atoms with Crippen molar-refractivity contribution in [3.05, 3.63) is 5.28 Å². The molecule has 0 aliphatic rings. The number of carbonyl (C=O) groups excluding carboxylic acids is 1. The van der Waals surface area contributed by atoms with E-state index in [-0.39, 0.29) is 17.1 Å². The fraction of sp³-hybridized carbons (Fsp3) is 0.500. The topological polar surface area (TPSA) is 97.0 Å². The van der Waals surface area contributed by atoms with Crippen molar-refractivity contribution in [1.29, 1.82) is 0 Å². The van der Waals surface area contributed by atoms with E-state index in [4.69, 9.17) is 17.3 Å². The average Bonchev–Trinajstić information content (AvgIpc) is 2.23. The number of halogens is 1. The molecule has 0 saturated heterocycles. The van der Waals surface area contributed by atoms with E-state index in [0.717, 1.165) is 0 Å². The highest BCUT2D eigenvalue weighted by atomic mass is 35.5. The van der Waals surface area contributed by atoms with Gasteiger partial charge in [0.25, 0.3) is 0 Å². The first kappa shape index (κ1) is 12.4. The normalized spacial score (nSPS) is 9.94. The number of hydrogen-bond acceptors (Lipinski definition) is 6. The van der Waals surface area contributed by atoms with E-state index in [1.165, 1.54) is 0 Å². The monoisotopic (exact) mass is 244 g/mol. The Morgan fingerprint density at radius 3 is 2.75 bits per heavy atom. The summed E-state index contributed by atoms with van der Waals surface area (Å²) in [5.74, 6) is 0.350. The molecule has 16 heavy (non-hydrogen) atoms. The van der Waals surface area contributed by atoms with Gasteiger partial charge < -0.3 is 16.0 Å². The van der Waals surface area contributed by atoms with Crippen LogP contribution < -0.4 is 16.0 Å². The third kappa shape index (κ3) is 3.50. The van der Waals surface area contributed by atoms with E-state index < -0.39 is 0 Å². The maximum absolute atomic E-state index is 11.0. The molecule has 3 N–H and O–H groups in total. The predicted octanol–water partition coefficient (Wildman–Crippen LogP) is -0.321. The lowest BCUT2D eigenvalue weighted by molar-refractivity contribution is -0.120. The van der Waals surface area contributed by atoms with Gasteiger partial charge in [-0.25, -0.2) is 0 Å². The Kier molecular flexibility index (Phi) is 4.24. The number of nitrogen functional groups attached to an aromatic ring is 1. The van der Waals surface area contributed by atoms with Gasteiger partial charge in [0.05, 0.1) is 0 Å². The van der Waals surface area contributed by atoms with Gasteiger partial charge in [-0.2, -0.15) is 15.0 Å². The Bertz CT molecular complexity index is 365. The largest absolute Gasteiger partial charge is 0.368 e. The Labute approximate surface area is 98.0 Å². The van der Waals surface area contributed by atoms with E-state index >= 15 is 0 Å². The molecule has 0 unspecified atom stereocenters. The Morgan fingerprint density at radius 2 is 2.19 bits per heavy atom. The molecule has 1 rings (SSSR count). The second-order valence-electron chi connectivity index (χ2n) is 3.11. The van der Waals surface area contributed by atoms with Crippen LogP contribution in [-0.2, 0) is 4.79 Å². The second kappa shape index (κ2) is 5.45. The fourth-order valence-corrected chi connectivity index (χ4v) is 1.18. The van der Waals surface area contributed by atoms with Gasteiger partial charge >= 0.3 is 0 Å². The third-order valence-electron chi connectivity index (χ3n) is 1.91. The minimum atomic E-state index is -0.0556. The number of aromatic nitrogens is 3. The molecule has 1 aromatic rings. The molecule has 0 radical (unpaired) electrons. The Morgan fingerprint density at radius 1 is 1.50 bits per heavy atom. The van der Waals surface area contributed by atoms with E-state index in [1.807, 2.05) is 0 Å². The van der Waals surface area contributed by atoms with Crippen molar-refractivity contribution < 1.29 is 4.79 Å². The first-order valence-corrected chi connectivity index (χ1v) is 4.99. The molecular weight excluding hydrogens is 232 g/mol. The van der Waals surface area contributed by atoms with Crippen LogP contribution in [0.1, 0.15) is 6.42 Å². The zero-order chi connectivity index (χ0) is 12.1. The Hall–Kier alpha value is -1.63. The highest BCUT2D eigenvalue weighted by Crippen LogP contribution is 2.10. The van der Waals surface area contributed by atoms with Crippen molar-refractivity contribution in [2.45, 2.75) is 6.42 Å². The summed E-state index contributed by atoms with van der Waals surface area (Å²) < 4.78 is 0. The summed E-state index contributed by atoms with van der Waals surface area (Å²) in [4.78, 5) is 24.2. The molecular formula is C8H13ClN6O. The van der Waals surface area contributed by atoms with Gasteiger partial charge in [0.1, 0.15) is 0 Å². The van der Waals surface area contributed by atoms with Gasteiger partial charge in [-0.05, 0) is 11.6 Å². The summed E-state index contributed by atoms with van der Waals surface area (Å²) in [6.45, 7) is 0.472. The number of nitrogens with zero attached hydrogens (tertiary/aromatic N) is 4. The van der Waals surface area contributed by atoms with E-state index in [2.05, 4.69) is 20.3 Å². The molecule has 88 valence electrons. The van der Waals surface area contributed by atoms with Crippen LogP contribution in [-0.4, -0.2) is 41.5 Å². The minimum Gasteiger partial charge on any atom is -0.368 e. The summed E-state index contributed by atoms with van der Waals surface area (Å²) >= 11 is 5.64. The molecule has 0 aliphatic heterocycles. The zero-order valence-corrected chi connectivity index (χ0v) is 9.82. The van der Waals surface area contributed by atoms with Crippen LogP contribution in [0, 0.1) is 0 Å². The number of carbonyl (C=O) groups is 1. The summed E-state index contributed by atoms with van der Waals surface area (Å²) in [7, 11) is 3.33. The molecule has 1 heterocycles. The number of amides is 1. The van der Waals surface area contributed by atoms with Gasteiger partial charge in [-0.15, -0.1) is 0 Å². The highest BCUT2D eigenvalue weighted by molar-refractivity contribution is 6.28. The van der Waals surface area contributed by atoms with E-state index in [1.54, 1.807) is 19.0 Å². The van der Waals surface area contributed by atoms with E-state index in [0.29, 0.717) is 18.9 Å². The summed E-state index contributed by atoms with van der Waals surface area (Å²) in [5, 5.41) is 2.56. The highest BCUT2D eigenvalue weighted by Gasteiger charge is 2.09. The van der Waals surface area contributed by atoms with Gasteiger partial charge in [0.2, 0.25) is 23.1 Å². The van der Waals surface area contributed by atoms with Crippen molar-refractivity contribution in [3.63, 3.8) is 0 Å². The van der Waals surface area contributed by atoms with Gasteiger partial charge in [-0.3, -0.25) is 4.79 Å². The van der Waals surface area contributed by atoms with Crippen molar-refractivity contribution in [2.24, 2.45) is 0 Å². The number of rotatable bonds is 4. The average molecular weight is 245 g/mol. The van der Waals surface area contributed by atoms with Crippen LogP contribution in [0.3, 0.4) is 0 Å². The maximum atomic E-state index is 11.0. The quantitative estimate of drug-likeness (QED) is 0.754. The first-order chi connectivity index (χ1) is 7.52. The van der Waals surface area contributed by atoms with Crippen molar-refractivity contribution >= 4 is 29.4 Å². The SMILES string of the molecule is CNC(=O)CCN(C)c1nc(N)nc(Cl)n1. The van der Waals surface area contributed by atoms with Crippen molar-refractivity contribution in [1.82, 2.24) is 20.3 Å². The molecule has 7 nitrogen and oxygen atoms in total. The van der Waals surface area contributed by atoms with Crippen LogP contribution in [0.4, 0.5) is 11.9 Å². The van der Waals surface area contributed by atoms with Crippen molar-refractivity contribution in [2.75, 3.05) is 31.3 Å². The second-order valence-corrected chi connectivity index (χ2v) is 3.45. The Balaban J connectivity index is 2.65. The van der Waals surface area contributed by atoms with Crippen LogP contribution in [0.5, 0.6) is 0 Å². The standard InChI is InChI=1S/C8H13ClN6O/c1-11-5(16)3-4-15(2)8-13-6(9)12-7(10)14-8/h3-4H2,1-2H3,(H,11,16)(H2,10,12,13,14). The molecule has 0 aromatic carbocycles. The van der Waals surface area contributed by atoms with Crippen LogP contribution in [0.2, 0.25) is 5.28 Å². The summed E-state index contributed by atoms with van der Waals surface area (Å²) in [6.07, 6.45) is 0.343. The molecule has 1 aromatic heterocycles. The smallest absolute Gasteiger partial charge is 0.231 e. The lowest BCUT2D eigenvalue weighted by Gasteiger charge is -2.16. The molecule has 1 amide bonds. The van der Waals surface area contributed by atoms with Crippen molar-refractivity contribution in [3.8, 4) is 0 Å². The van der Waals surface area contributed by atoms with E-state index in [9.17, 15) is 4.79 Å². The summed E-state index contributed by atoms with van der Waals surface area (Å²) in [5.41, 5.74) is 5.43. The number of hydrogen-bond donors (Lipinski definition) is 2. The minimum absolute atomic E-state index is 0.0364. The lowest BCUT2D eigenvalue weighted by Crippen LogP contribution is -2.27. The number of nitrogens with two attached hydrogens (primary N) is 1. The molecule has 0 atom stereocenters. The molecule has 0 saturated carbocycles. The third-order valence-corrected chi connectivity index (χ3v) is 2.08. The van der Waals surface area contributed by atoms with Crippen LogP contribution >= 0.6 is 11.6 Å². The van der Waals surface area contributed by atoms with Crippen LogP contribution in [0.15, 0.2) is 0 Å². The molecule has 0 bridgehead atoms. The predicted molar refractivity (Wildman–Crippen MR) is 61.2 cm³/mol. The zero-order valence-electron chi connectivity index (χ0n) is 9.07. The first-order valence-electron chi connectivity index (χ1n) is 4.61. The molecule has 0 fully saturated rings. The van der Waals surface area contributed by atoms with Gasteiger partial charge in [0, 0.05) is 27.1 Å².